The second-order valence-corrected chi connectivity index (χ2v) is 4.98. The van der Waals surface area contributed by atoms with E-state index in [1.165, 1.54) is 17.0 Å². The van der Waals surface area contributed by atoms with Gasteiger partial charge in [0, 0.05) is 24.5 Å². The Labute approximate surface area is 114 Å². The fourth-order valence-electron chi connectivity index (χ4n) is 2.49. The van der Waals surface area contributed by atoms with E-state index >= 15 is 0 Å². The predicted octanol–water partition coefficient (Wildman–Crippen LogP) is 4.18. The Bertz CT molecular complexity index is 585. The van der Waals surface area contributed by atoms with E-state index < -0.39 is 0 Å². The molecule has 1 N–H and O–H groups in total. The Balaban J connectivity index is 2.14. The van der Waals surface area contributed by atoms with Crippen LogP contribution in [0, 0.1) is 26.6 Å². The number of halogens is 1. The van der Waals surface area contributed by atoms with Crippen LogP contribution in [0.15, 0.2) is 24.3 Å². The summed E-state index contributed by atoms with van der Waals surface area (Å²) in [6.45, 7) is 9.86. The van der Waals surface area contributed by atoms with Crippen molar-refractivity contribution in [1.29, 1.82) is 0 Å². The zero-order valence-corrected chi connectivity index (χ0v) is 12.0. The highest BCUT2D eigenvalue weighted by molar-refractivity contribution is 5.47. The maximum absolute atomic E-state index is 13.7. The van der Waals surface area contributed by atoms with Gasteiger partial charge in [-0.05, 0) is 57.0 Å². The second kappa shape index (κ2) is 5.47. The molecular formula is C16H21FN2. The van der Waals surface area contributed by atoms with Crippen molar-refractivity contribution >= 4 is 5.69 Å². The van der Waals surface area contributed by atoms with E-state index in [0.717, 1.165) is 12.1 Å². The molecule has 19 heavy (non-hydrogen) atoms. The van der Waals surface area contributed by atoms with Gasteiger partial charge in [-0.25, -0.2) is 4.39 Å². The summed E-state index contributed by atoms with van der Waals surface area (Å²) in [4.78, 5) is 0. The van der Waals surface area contributed by atoms with Gasteiger partial charge in [-0.2, -0.15) is 0 Å². The van der Waals surface area contributed by atoms with Gasteiger partial charge in [-0.15, -0.1) is 0 Å². The zero-order chi connectivity index (χ0) is 14.0. The Morgan fingerprint density at radius 3 is 2.47 bits per heavy atom. The molecule has 0 saturated carbocycles. The molecule has 2 aromatic rings. The lowest BCUT2D eigenvalue weighted by atomic mass is 10.2. The number of hydrogen-bond acceptors (Lipinski definition) is 1. The van der Waals surface area contributed by atoms with Gasteiger partial charge in [-0.1, -0.05) is 6.07 Å². The molecule has 3 heteroatoms. The Hall–Kier alpha value is -1.77. The molecule has 2 nitrogen and oxygen atoms in total. The molecule has 0 aliphatic heterocycles. The van der Waals surface area contributed by atoms with Crippen LogP contribution in [-0.2, 0) is 13.1 Å². The first-order valence-electron chi connectivity index (χ1n) is 6.68. The molecule has 1 heterocycles. The fraction of sp³-hybridized carbons (Fsp3) is 0.375. The van der Waals surface area contributed by atoms with Crippen molar-refractivity contribution in [3.8, 4) is 0 Å². The molecule has 0 atom stereocenters. The number of aromatic nitrogens is 1. The Morgan fingerprint density at radius 1 is 1.16 bits per heavy atom. The lowest BCUT2D eigenvalue weighted by Crippen LogP contribution is -2.04. The van der Waals surface area contributed by atoms with E-state index in [1.54, 1.807) is 12.1 Å². The minimum Gasteiger partial charge on any atom is -0.379 e. The molecule has 0 saturated heterocycles. The van der Waals surface area contributed by atoms with Crippen LogP contribution < -0.4 is 5.32 Å². The van der Waals surface area contributed by atoms with Crippen LogP contribution in [0.3, 0.4) is 0 Å². The third kappa shape index (κ3) is 2.80. The SMILES string of the molecule is CCn1c(C)cc(CNc2ccc(C)cc2F)c1C. The number of anilines is 1. The smallest absolute Gasteiger partial charge is 0.146 e. The Kier molecular flexibility index (Phi) is 3.93. The largest absolute Gasteiger partial charge is 0.379 e. The lowest BCUT2D eigenvalue weighted by Gasteiger charge is -2.09. The van der Waals surface area contributed by atoms with Crippen LogP contribution in [0.25, 0.3) is 0 Å². The summed E-state index contributed by atoms with van der Waals surface area (Å²) in [6.07, 6.45) is 0. The average Bonchev–Trinajstić information content (AvgIpc) is 2.63. The van der Waals surface area contributed by atoms with Crippen molar-refractivity contribution in [1.82, 2.24) is 4.57 Å². The molecule has 0 fully saturated rings. The minimum absolute atomic E-state index is 0.190. The van der Waals surface area contributed by atoms with E-state index in [-0.39, 0.29) is 5.82 Å². The molecule has 0 aliphatic rings. The van der Waals surface area contributed by atoms with Crippen molar-refractivity contribution in [2.24, 2.45) is 0 Å². The first-order chi connectivity index (χ1) is 9.02. The van der Waals surface area contributed by atoms with Gasteiger partial charge in [-0.3, -0.25) is 0 Å². The first kappa shape index (κ1) is 13.7. The van der Waals surface area contributed by atoms with Gasteiger partial charge in [0.1, 0.15) is 5.82 Å². The van der Waals surface area contributed by atoms with Crippen LogP contribution >= 0.6 is 0 Å². The number of aryl methyl sites for hydroxylation is 2. The average molecular weight is 260 g/mol. The van der Waals surface area contributed by atoms with Crippen LogP contribution in [0.4, 0.5) is 10.1 Å². The van der Waals surface area contributed by atoms with E-state index in [1.807, 2.05) is 13.0 Å². The highest BCUT2D eigenvalue weighted by Gasteiger charge is 2.08. The number of benzene rings is 1. The third-order valence-corrected chi connectivity index (χ3v) is 3.59. The fourth-order valence-corrected chi connectivity index (χ4v) is 2.49. The normalized spacial score (nSPS) is 10.8. The van der Waals surface area contributed by atoms with Crippen LogP contribution in [0.1, 0.15) is 29.4 Å². The van der Waals surface area contributed by atoms with E-state index in [9.17, 15) is 4.39 Å². The summed E-state index contributed by atoms with van der Waals surface area (Å²) in [6, 6.07) is 7.43. The highest BCUT2D eigenvalue weighted by Crippen LogP contribution is 2.19. The monoisotopic (exact) mass is 260 g/mol. The maximum Gasteiger partial charge on any atom is 0.146 e. The molecule has 0 radical (unpaired) electrons. The maximum atomic E-state index is 13.7. The van der Waals surface area contributed by atoms with Gasteiger partial charge in [0.2, 0.25) is 0 Å². The summed E-state index contributed by atoms with van der Waals surface area (Å²) in [5.41, 5.74) is 5.22. The molecule has 0 aliphatic carbocycles. The second-order valence-electron chi connectivity index (χ2n) is 4.98. The summed E-state index contributed by atoms with van der Waals surface area (Å²) in [5, 5.41) is 3.17. The van der Waals surface area contributed by atoms with Crippen LogP contribution in [0.2, 0.25) is 0 Å². The van der Waals surface area contributed by atoms with Crippen molar-refractivity contribution in [2.45, 2.75) is 40.8 Å². The van der Waals surface area contributed by atoms with E-state index in [0.29, 0.717) is 12.2 Å². The molecule has 0 bridgehead atoms. The summed E-state index contributed by atoms with van der Waals surface area (Å²) >= 11 is 0. The van der Waals surface area contributed by atoms with Gasteiger partial charge < -0.3 is 9.88 Å². The van der Waals surface area contributed by atoms with Crippen molar-refractivity contribution in [3.63, 3.8) is 0 Å². The van der Waals surface area contributed by atoms with Gasteiger partial charge in [0.25, 0.3) is 0 Å². The number of hydrogen-bond donors (Lipinski definition) is 1. The predicted molar refractivity (Wildman–Crippen MR) is 78.0 cm³/mol. The molecular weight excluding hydrogens is 239 g/mol. The van der Waals surface area contributed by atoms with E-state index in [4.69, 9.17) is 0 Å². The third-order valence-electron chi connectivity index (χ3n) is 3.59. The van der Waals surface area contributed by atoms with Gasteiger partial charge in [0.15, 0.2) is 0 Å². The summed E-state index contributed by atoms with van der Waals surface area (Å²) < 4.78 is 16.0. The molecule has 102 valence electrons. The van der Waals surface area contributed by atoms with Crippen molar-refractivity contribution in [2.75, 3.05) is 5.32 Å². The van der Waals surface area contributed by atoms with Crippen LogP contribution in [-0.4, -0.2) is 4.57 Å². The molecule has 1 aromatic carbocycles. The standard InChI is InChI=1S/C16H21FN2/c1-5-19-12(3)9-14(13(19)4)10-18-16-7-6-11(2)8-15(16)17/h6-9,18H,5,10H2,1-4H3. The quantitative estimate of drug-likeness (QED) is 0.872. The topological polar surface area (TPSA) is 17.0 Å². The number of nitrogens with one attached hydrogen (secondary N) is 1. The molecule has 0 amide bonds. The van der Waals surface area contributed by atoms with Crippen molar-refractivity contribution < 1.29 is 4.39 Å². The molecule has 2 rings (SSSR count). The van der Waals surface area contributed by atoms with E-state index in [2.05, 4.69) is 36.7 Å². The highest BCUT2D eigenvalue weighted by atomic mass is 19.1. The number of rotatable bonds is 4. The summed E-state index contributed by atoms with van der Waals surface area (Å²) in [7, 11) is 0. The van der Waals surface area contributed by atoms with Crippen molar-refractivity contribution in [3.05, 3.63) is 52.6 Å². The Morgan fingerprint density at radius 2 is 1.89 bits per heavy atom. The van der Waals surface area contributed by atoms with Gasteiger partial charge >= 0.3 is 0 Å². The summed E-state index contributed by atoms with van der Waals surface area (Å²) in [5.74, 6) is -0.190. The zero-order valence-electron chi connectivity index (χ0n) is 12.0. The lowest BCUT2D eigenvalue weighted by molar-refractivity contribution is 0.629. The molecule has 1 aromatic heterocycles. The van der Waals surface area contributed by atoms with Gasteiger partial charge in [0.05, 0.1) is 5.69 Å². The minimum atomic E-state index is -0.190. The molecule has 0 unspecified atom stereocenters. The number of nitrogens with zero attached hydrogens (tertiary/aromatic N) is 1. The molecule has 0 spiro atoms. The van der Waals surface area contributed by atoms with Crippen LogP contribution in [0.5, 0.6) is 0 Å². The first-order valence-corrected chi connectivity index (χ1v) is 6.68.